The molecule has 0 heterocycles. The summed E-state index contributed by atoms with van der Waals surface area (Å²) in [6, 6.07) is 6.69. The summed E-state index contributed by atoms with van der Waals surface area (Å²) >= 11 is 3.27. The van der Waals surface area contributed by atoms with Gasteiger partial charge in [-0.3, -0.25) is 4.79 Å². The number of anilines is 1. The number of rotatable bonds is 5. The first kappa shape index (κ1) is 14.7. The van der Waals surface area contributed by atoms with Crippen molar-refractivity contribution in [3.8, 4) is 0 Å². The molecule has 98 valence electrons. The maximum Gasteiger partial charge on any atom is 0.338 e. The summed E-state index contributed by atoms with van der Waals surface area (Å²) in [5.41, 5.74) is 1.01. The molecule has 18 heavy (non-hydrogen) atoms. The van der Waals surface area contributed by atoms with Gasteiger partial charge in [-0.15, -0.1) is 0 Å². The largest absolute Gasteiger partial charge is 0.462 e. The minimum absolute atomic E-state index is 0.126. The van der Waals surface area contributed by atoms with Crippen LogP contribution in [0.2, 0.25) is 0 Å². The van der Waals surface area contributed by atoms with Crippen molar-refractivity contribution in [2.24, 2.45) is 0 Å². The van der Waals surface area contributed by atoms with Crippen LogP contribution in [0, 0.1) is 0 Å². The second kappa shape index (κ2) is 7.16. The molecule has 0 spiro atoms. The van der Waals surface area contributed by atoms with Gasteiger partial charge in [-0.1, -0.05) is 28.9 Å². The Kier molecular flexibility index (Phi) is 5.85. The van der Waals surface area contributed by atoms with Crippen molar-refractivity contribution in [1.82, 2.24) is 0 Å². The van der Waals surface area contributed by atoms with Crippen molar-refractivity contribution in [3.63, 3.8) is 0 Å². The van der Waals surface area contributed by atoms with Crippen molar-refractivity contribution >= 4 is 33.5 Å². The van der Waals surface area contributed by atoms with Gasteiger partial charge in [0.05, 0.1) is 17.0 Å². The number of benzene rings is 1. The van der Waals surface area contributed by atoms with Crippen LogP contribution in [0.5, 0.6) is 0 Å². The average molecular weight is 314 g/mol. The number of carbonyl (C=O) groups excluding carboxylic acids is 2. The number of amides is 1. The number of esters is 1. The van der Waals surface area contributed by atoms with Crippen molar-refractivity contribution in [1.29, 1.82) is 0 Å². The lowest BCUT2D eigenvalue weighted by Gasteiger charge is -2.09. The summed E-state index contributed by atoms with van der Waals surface area (Å²) < 4.78 is 4.90. The summed E-state index contributed by atoms with van der Waals surface area (Å²) in [6.45, 7) is 3.99. The van der Waals surface area contributed by atoms with E-state index in [0.717, 1.165) is 0 Å². The third-order valence-electron chi connectivity index (χ3n) is 2.28. The van der Waals surface area contributed by atoms with Crippen molar-refractivity contribution in [2.75, 3.05) is 11.9 Å². The molecule has 4 nitrogen and oxygen atoms in total. The molecule has 0 aliphatic carbocycles. The Morgan fingerprint density at radius 2 is 2.11 bits per heavy atom. The molecule has 0 fully saturated rings. The van der Waals surface area contributed by atoms with E-state index in [1.54, 1.807) is 31.2 Å². The van der Waals surface area contributed by atoms with Crippen LogP contribution in [0.25, 0.3) is 0 Å². The van der Waals surface area contributed by atoms with E-state index in [1.165, 1.54) is 0 Å². The average Bonchev–Trinajstić information content (AvgIpc) is 2.38. The molecule has 1 atom stereocenters. The highest BCUT2D eigenvalue weighted by molar-refractivity contribution is 9.10. The Bertz CT molecular complexity index is 434. The standard InChI is InChI=1S/C13H16BrNO3/c1-3-11(14)12(16)15-10-7-5-6-9(8-10)13(17)18-4-2/h5-8,11H,3-4H2,1-2H3,(H,15,16)/t11-/m1/s1. The molecule has 0 aliphatic rings. The maximum atomic E-state index is 11.7. The van der Waals surface area contributed by atoms with E-state index in [-0.39, 0.29) is 16.7 Å². The van der Waals surface area contributed by atoms with Gasteiger partial charge in [0.1, 0.15) is 0 Å². The molecule has 5 heteroatoms. The number of nitrogens with one attached hydrogen (secondary N) is 1. The molecule has 0 aliphatic heterocycles. The van der Waals surface area contributed by atoms with Gasteiger partial charge < -0.3 is 10.1 Å². The number of carbonyl (C=O) groups is 2. The molecule has 1 aromatic carbocycles. The van der Waals surface area contributed by atoms with Gasteiger partial charge in [0.25, 0.3) is 0 Å². The maximum absolute atomic E-state index is 11.7. The Labute approximate surface area is 115 Å². The molecule has 0 radical (unpaired) electrons. The summed E-state index contributed by atoms with van der Waals surface area (Å²) in [5.74, 6) is -0.516. The van der Waals surface area contributed by atoms with E-state index in [9.17, 15) is 9.59 Å². The summed E-state index contributed by atoms with van der Waals surface area (Å²) in [7, 11) is 0. The summed E-state index contributed by atoms with van der Waals surface area (Å²) in [4.78, 5) is 23.0. The lowest BCUT2D eigenvalue weighted by molar-refractivity contribution is -0.115. The number of hydrogen-bond acceptors (Lipinski definition) is 3. The van der Waals surface area contributed by atoms with Gasteiger partial charge in [0, 0.05) is 5.69 Å². The highest BCUT2D eigenvalue weighted by atomic mass is 79.9. The van der Waals surface area contributed by atoms with Crippen LogP contribution >= 0.6 is 15.9 Å². The van der Waals surface area contributed by atoms with Crippen LogP contribution in [0.15, 0.2) is 24.3 Å². The van der Waals surface area contributed by atoms with E-state index in [2.05, 4.69) is 21.2 Å². The molecule has 0 unspecified atom stereocenters. The minimum Gasteiger partial charge on any atom is -0.462 e. The van der Waals surface area contributed by atoms with Crippen LogP contribution in [0.4, 0.5) is 5.69 Å². The monoisotopic (exact) mass is 313 g/mol. The zero-order valence-electron chi connectivity index (χ0n) is 10.4. The van der Waals surface area contributed by atoms with Crippen molar-refractivity contribution in [3.05, 3.63) is 29.8 Å². The van der Waals surface area contributed by atoms with Crippen molar-refractivity contribution in [2.45, 2.75) is 25.1 Å². The highest BCUT2D eigenvalue weighted by Crippen LogP contribution is 2.14. The number of hydrogen-bond donors (Lipinski definition) is 1. The van der Waals surface area contributed by atoms with Crippen LogP contribution in [0.1, 0.15) is 30.6 Å². The van der Waals surface area contributed by atoms with Gasteiger partial charge in [0.2, 0.25) is 5.91 Å². The first-order chi connectivity index (χ1) is 8.58. The van der Waals surface area contributed by atoms with Crippen LogP contribution in [0.3, 0.4) is 0 Å². The van der Waals surface area contributed by atoms with Gasteiger partial charge in [-0.2, -0.15) is 0 Å². The first-order valence-electron chi connectivity index (χ1n) is 5.80. The normalized spacial score (nSPS) is 11.7. The van der Waals surface area contributed by atoms with E-state index < -0.39 is 0 Å². The van der Waals surface area contributed by atoms with E-state index in [0.29, 0.717) is 24.3 Å². The topological polar surface area (TPSA) is 55.4 Å². The lowest BCUT2D eigenvalue weighted by atomic mass is 10.2. The fraction of sp³-hybridized carbons (Fsp3) is 0.385. The molecule has 1 rings (SSSR count). The highest BCUT2D eigenvalue weighted by Gasteiger charge is 2.13. The van der Waals surface area contributed by atoms with Gasteiger partial charge >= 0.3 is 5.97 Å². The fourth-order valence-electron chi connectivity index (χ4n) is 1.34. The van der Waals surface area contributed by atoms with Crippen molar-refractivity contribution < 1.29 is 14.3 Å². The molecule has 1 aromatic rings. The number of alkyl halides is 1. The molecular formula is C13H16BrNO3. The Morgan fingerprint density at radius 3 is 2.72 bits per heavy atom. The Morgan fingerprint density at radius 1 is 1.39 bits per heavy atom. The summed E-state index contributed by atoms with van der Waals surface area (Å²) in [6.07, 6.45) is 0.698. The van der Waals surface area contributed by atoms with Gasteiger partial charge in [-0.25, -0.2) is 4.79 Å². The third kappa shape index (κ3) is 4.14. The quantitative estimate of drug-likeness (QED) is 0.671. The van der Waals surface area contributed by atoms with E-state index in [1.807, 2.05) is 6.92 Å². The number of ether oxygens (including phenoxy) is 1. The molecule has 1 N–H and O–H groups in total. The summed E-state index contributed by atoms with van der Waals surface area (Å²) in [5, 5.41) is 2.74. The Hall–Kier alpha value is -1.36. The smallest absolute Gasteiger partial charge is 0.338 e. The third-order valence-corrected chi connectivity index (χ3v) is 3.35. The Balaban J connectivity index is 2.76. The van der Waals surface area contributed by atoms with Crippen LogP contribution in [-0.2, 0) is 9.53 Å². The molecule has 0 saturated heterocycles. The van der Waals surface area contributed by atoms with E-state index in [4.69, 9.17) is 4.74 Å². The lowest BCUT2D eigenvalue weighted by Crippen LogP contribution is -2.22. The SMILES string of the molecule is CCOC(=O)c1cccc(NC(=O)[C@H](Br)CC)c1. The minimum atomic E-state index is -0.389. The first-order valence-corrected chi connectivity index (χ1v) is 6.72. The predicted molar refractivity (Wildman–Crippen MR) is 74.0 cm³/mol. The predicted octanol–water partition coefficient (Wildman–Crippen LogP) is 2.98. The zero-order valence-corrected chi connectivity index (χ0v) is 12.0. The van der Waals surface area contributed by atoms with Crippen LogP contribution in [-0.4, -0.2) is 23.3 Å². The number of halogens is 1. The fourth-order valence-corrected chi connectivity index (χ4v) is 1.46. The zero-order chi connectivity index (χ0) is 13.5. The molecule has 1 amide bonds. The van der Waals surface area contributed by atoms with Gasteiger partial charge in [-0.05, 0) is 31.5 Å². The second-order valence-corrected chi connectivity index (χ2v) is 4.77. The second-order valence-electron chi connectivity index (χ2n) is 3.67. The molecular weight excluding hydrogens is 298 g/mol. The molecule has 0 aromatic heterocycles. The molecule has 0 saturated carbocycles. The van der Waals surface area contributed by atoms with Crippen LogP contribution < -0.4 is 5.32 Å². The molecule has 0 bridgehead atoms. The van der Waals surface area contributed by atoms with Gasteiger partial charge in [0.15, 0.2) is 0 Å². The van der Waals surface area contributed by atoms with E-state index >= 15 is 0 Å².